The van der Waals surface area contributed by atoms with Crippen molar-refractivity contribution in [1.82, 2.24) is 4.90 Å². The number of Topliss-reactive ketones (excluding diaryl/α,β-unsaturated/α-hetero) is 1. The first kappa shape index (κ1) is 16.1. The highest BCUT2D eigenvalue weighted by molar-refractivity contribution is 5.94. The molecule has 1 aromatic rings. The number of carbonyl (C=O) groups is 1. The maximum Gasteiger partial charge on any atom is 0.159 e. The molecule has 1 aromatic carbocycles. The lowest BCUT2D eigenvalue weighted by Crippen LogP contribution is -2.61. The molecule has 134 valence electrons. The smallest absolute Gasteiger partial charge is 0.159 e. The van der Waals surface area contributed by atoms with E-state index in [0.717, 1.165) is 23.4 Å². The van der Waals surface area contributed by atoms with Gasteiger partial charge in [-0.15, -0.1) is 0 Å². The zero-order valence-corrected chi connectivity index (χ0v) is 15.6. The standard InChI is InChI=1S/C23H31NO/c1-16(25)18-8-9-19-14-22-20-7-2-3-10-23(20,21(19)13-18)11-12-24(22)15-17-5-4-6-17/h8-9,13,17,20,22H,2-7,10-12,14-15H2,1H3/t20-,22+,23+/m0/s1. The number of rotatable bonds is 3. The van der Waals surface area contributed by atoms with Crippen molar-refractivity contribution in [3.8, 4) is 0 Å². The fourth-order valence-electron chi connectivity index (χ4n) is 6.54. The van der Waals surface area contributed by atoms with E-state index in [0.29, 0.717) is 5.41 Å². The Morgan fingerprint density at radius 1 is 1.16 bits per heavy atom. The molecule has 5 rings (SSSR count). The Labute approximate surface area is 152 Å². The number of likely N-dealkylation sites (tertiary alicyclic amines) is 1. The molecular weight excluding hydrogens is 306 g/mol. The fraction of sp³-hybridized carbons (Fsp3) is 0.696. The minimum Gasteiger partial charge on any atom is -0.299 e. The molecule has 1 heterocycles. The van der Waals surface area contributed by atoms with Gasteiger partial charge in [-0.2, -0.15) is 0 Å². The van der Waals surface area contributed by atoms with Gasteiger partial charge in [-0.3, -0.25) is 9.69 Å². The van der Waals surface area contributed by atoms with Crippen LogP contribution in [0.2, 0.25) is 0 Å². The molecule has 0 radical (unpaired) electrons. The van der Waals surface area contributed by atoms with Crippen LogP contribution in [-0.4, -0.2) is 29.8 Å². The number of piperidine rings is 1. The van der Waals surface area contributed by atoms with E-state index in [9.17, 15) is 4.79 Å². The van der Waals surface area contributed by atoms with Crippen LogP contribution in [0.15, 0.2) is 18.2 Å². The van der Waals surface area contributed by atoms with E-state index >= 15 is 0 Å². The van der Waals surface area contributed by atoms with Gasteiger partial charge in [0.1, 0.15) is 0 Å². The van der Waals surface area contributed by atoms with Gasteiger partial charge >= 0.3 is 0 Å². The summed E-state index contributed by atoms with van der Waals surface area (Å²) in [7, 11) is 0. The zero-order valence-electron chi connectivity index (χ0n) is 15.6. The van der Waals surface area contributed by atoms with Crippen molar-refractivity contribution >= 4 is 5.78 Å². The van der Waals surface area contributed by atoms with Crippen molar-refractivity contribution in [2.45, 2.75) is 76.2 Å². The maximum absolute atomic E-state index is 12.0. The fourth-order valence-corrected chi connectivity index (χ4v) is 6.54. The van der Waals surface area contributed by atoms with Gasteiger partial charge < -0.3 is 0 Å². The van der Waals surface area contributed by atoms with E-state index in [4.69, 9.17) is 0 Å². The van der Waals surface area contributed by atoms with Crippen molar-refractivity contribution in [3.05, 3.63) is 34.9 Å². The van der Waals surface area contributed by atoms with Crippen molar-refractivity contribution in [2.75, 3.05) is 13.1 Å². The summed E-state index contributed by atoms with van der Waals surface area (Å²) in [6.07, 6.45) is 12.4. The molecule has 1 saturated heterocycles. The molecule has 0 N–H and O–H groups in total. The van der Waals surface area contributed by atoms with Gasteiger partial charge in [0.25, 0.3) is 0 Å². The molecule has 0 aromatic heterocycles. The van der Waals surface area contributed by atoms with Crippen LogP contribution in [0.4, 0.5) is 0 Å². The monoisotopic (exact) mass is 337 g/mol. The van der Waals surface area contributed by atoms with Gasteiger partial charge in [0.05, 0.1) is 0 Å². The van der Waals surface area contributed by atoms with E-state index in [-0.39, 0.29) is 5.78 Å². The third kappa shape index (κ3) is 2.44. The van der Waals surface area contributed by atoms with Gasteiger partial charge in [-0.1, -0.05) is 31.4 Å². The first-order valence-corrected chi connectivity index (χ1v) is 10.6. The van der Waals surface area contributed by atoms with Crippen LogP contribution in [0, 0.1) is 11.8 Å². The lowest BCUT2D eigenvalue weighted by Gasteiger charge is -2.59. The normalized spacial score (nSPS) is 34.8. The van der Waals surface area contributed by atoms with E-state index < -0.39 is 0 Å². The summed E-state index contributed by atoms with van der Waals surface area (Å²) in [6, 6.07) is 7.41. The molecule has 2 saturated carbocycles. The van der Waals surface area contributed by atoms with Gasteiger partial charge in [0.2, 0.25) is 0 Å². The summed E-state index contributed by atoms with van der Waals surface area (Å²) in [5.74, 6) is 2.01. The molecule has 3 fully saturated rings. The summed E-state index contributed by atoms with van der Waals surface area (Å²) in [5, 5.41) is 0. The van der Waals surface area contributed by atoms with Crippen molar-refractivity contribution < 1.29 is 4.79 Å². The topological polar surface area (TPSA) is 20.3 Å². The second-order valence-electron chi connectivity index (χ2n) is 9.25. The Morgan fingerprint density at radius 2 is 2.04 bits per heavy atom. The SMILES string of the molecule is CC(=O)c1ccc2c(c1)[C@@]13CCCC[C@H]1[C@@H](C2)N(CC1CCC1)CC3. The third-order valence-corrected chi connectivity index (χ3v) is 8.08. The highest BCUT2D eigenvalue weighted by Crippen LogP contribution is 2.56. The molecule has 4 aliphatic rings. The minimum atomic E-state index is 0.219. The van der Waals surface area contributed by atoms with Crippen LogP contribution >= 0.6 is 0 Å². The molecule has 3 aliphatic carbocycles. The highest BCUT2D eigenvalue weighted by Gasteiger charge is 2.53. The van der Waals surface area contributed by atoms with Gasteiger partial charge in [0, 0.05) is 23.6 Å². The van der Waals surface area contributed by atoms with Crippen LogP contribution in [0.5, 0.6) is 0 Å². The van der Waals surface area contributed by atoms with Gasteiger partial charge in [0.15, 0.2) is 5.78 Å². The summed E-state index contributed by atoms with van der Waals surface area (Å²) in [5.41, 5.74) is 4.40. The molecule has 0 spiro atoms. The zero-order chi connectivity index (χ0) is 17.0. The molecule has 2 heteroatoms. The summed E-state index contributed by atoms with van der Waals surface area (Å²) >= 11 is 0. The third-order valence-electron chi connectivity index (χ3n) is 8.08. The van der Waals surface area contributed by atoms with Gasteiger partial charge in [-0.25, -0.2) is 0 Å². The Hall–Kier alpha value is -1.15. The Morgan fingerprint density at radius 3 is 2.80 bits per heavy atom. The first-order valence-electron chi connectivity index (χ1n) is 10.6. The van der Waals surface area contributed by atoms with Crippen molar-refractivity contribution in [2.24, 2.45) is 11.8 Å². The van der Waals surface area contributed by atoms with E-state index in [1.165, 1.54) is 70.9 Å². The lowest BCUT2D eigenvalue weighted by atomic mass is 9.52. The summed E-state index contributed by atoms with van der Waals surface area (Å²) < 4.78 is 0. The second kappa shape index (κ2) is 5.94. The maximum atomic E-state index is 12.0. The predicted molar refractivity (Wildman–Crippen MR) is 101 cm³/mol. The summed E-state index contributed by atoms with van der Waals surface area (Å²) in [6.45, 7) is 4.34. The molecule has 25 heavy (non-hydrogen) atoms. The molecule has 0 unspecified atom stereocenters. The number of hydrogen-bond acceptors (Lipinski definition) is 2. The number of ketones is 1. The Bertz CT molecular complexity index is 691. The van der Waals surface area contributed by atoms with Crippen LogP contribution in [0.1, 0.15) is 79.8 Å². The minimum absolute atomic E-state index is 0.219. The highest BCUT2D eigenvalue weighted by atomic mass is 16.1. The largest absolute Gasteiger partial charge is 0.299 e. The molecule has 0 amide bonds. The quantitative estimate of drug-likeness (QED) is 0.742. The molecule has 2 nitrogen and oxygen atoms in total. The van der Waals surface area contributed by atoms with Crippen LogP contribution < -0.4 is 0 Å². The van der Waals surface area contributed by atoms with E-state index in [2.05, 4.69) is 23.1 Å². The lowest BCUT2D eigenvalue weighted by molar-refractivity contribution is -0.0240. The van der Waals surface area contributed by atoms with E-state index in [1.807, 2.05) is 0 Å². The van der Waals surface area contributed by atoms with Crippen molar-refractivity contribution in [3.63, 3.8) is 0 Å². The van der Waals surface area contributed by atoms with E-state index in [1.54, 1.807) is 18.1 Å². The molecule has 2 bridgehead atoms. The van der Waals surface area contributed by atoms with Crippen LogP contribution in [0.3, 0.4) is 0 Å². The number of fused-ring (bicyclic) bond motifs is 1. The first-order chi connectivity index (χ1) is 12.2. The number of hydrogen-bond donors (Lipinski definition) is 0. The van der Waals surface area contributed by atoms with Crippen LogP contribution in [0.25, 0.3) is 0 Å². The Balaban J connectivity index is 1.54. The molecule has 3 atom stereocenters. The number of benzene rings is 1. The van der Waals surface area contributed by atoms with Gasteiger partial charge in [-0.05, 0) is 81.0 Å². The van der Waals surface area contributed by atoms with Crippen molar-refractivity contribution in [1.29, 1.82) is 0 Å². The predicted octanol–water partition coefficient (Wildman–Crippen LogP) is 4.75. The molecular formula is C23H31NO. The molecule has 1 aliphatic heterocycles. The number of carbonyl (C=O) groups excluding carboxylic acids is 1. The average Bonchev–Trinajstić information content (AvgIpc) is 2.59. The Kier molecular flexibility index (Phi) is 3.82. The average molecular weight is 338 g/mol. The van der Waals surface area contributed by atoms with Crippen LogP contribution in [-0.2, 0) is 11.8 Å². The number of nitrogens with zero attached hydrogens (tertiary/aromatic N) is 1. The summed E-state index contributed by atoms with van der Waals surface area (Å²) in [4.78, 5) is 14.8. The second-order valence-corrected chi connectivity index (χ2v) is 9.25.